The fraction of sp³-hybridized carbons (Fsp3) is 0.474. The van der Waals surface area contributed by atoms with Gasteiger partial charge in [0.1, 0.15) is 0 Å². The van der Waals surface area contributed by atoms with E-state index in [1.165, 1.54) is 30.4 Å². The van der Waals surface area contributed by atoms with E-state index in [0.29, 0.717) is 6.04 Å². The van der Waals surface area contributed by atoms with Crippen LogP contribution in [0.5, 0.6) is 0 Å². The van der Waals surface area contributed by atoms with E-state index in [-0.39, 0.29) is 0 Å². The van der Waals surface area contributed by atoms with Gasteiger partial charge in [-0.2, -0.15) is 0 Å². The van der Waals surface area contributed by atoms with Crippen LogP contribution in [0.25, 0.3) is 6.08 Å². The summed E-state index contributed by atoms with van der Waals surface area (Å²) in [5, 5.41) is 3.30. The van der Waals surface area contributed by atoms with Crippen LogP contribution in [0.4, 0.5) is 5.69 Å². The average Bonchev–Trinajstić information content (AvgIpc) is 2.50. The summed E-state index contributed by atoms with van der Waals surface area (Å²) >= 11 is 0. The number of hydrogen-bond acceptors (Lipinski definition) is 2. The molecule has 0 aromatic heterocycles. The summed E-state index contributed by atoms with van der Waals surface area (Å²) in [6.07, 6.45) is 13.2. The Labute approximate surface area is 130 Å². The van der Waals surface area contributed by atoms with Crippen molar-refractivity contribution in [1.82, 2.24) is 5.32 Å². The van der Waals surface area contributed by atoms with Crippen LogP contribution in [-0.4, -0.2) is 6.04 Å². The van der Waals surface area contributed by atoms with Crippen molar-refractivity contribution < 1.29 is 0 Å². The monoisotopic (exact) mass is 286 g/mol. The average molecular weight is 286 g/mol. The predicted molar refractivity (Wildman–Crippen MR) is 95.1 cm³/mol. The van der Waals surface area contributed by atoms with E-state index < -0.39 is 0 Å². The van der Waals surface area contributed by atoms with Crippen LogP contribution < -0.4 is 11.1 Å². The van der Waals surface area contributed by atoms with Gasteiger partial charge in [0.05, 0.1) is 0 Å². The van der Waals surface area contributed by atoms with Crippen molar-refractivity contribution in [2.75, 3.05) is 5.73 Å². The number of aryl methyl sites for hydroxylation is 1. The molecule has 0 amide bonds. The molecule has 1 rings (SSSR count). The van der Waals surface area contributed by atoms with E-state index in [1.54, 1.807) is 6.20 Å². The maximum absolute atomic E-state index is 6.06. The van der Waals surface area contributed by atoms with Crippen LogP contribution in [-0.2, 0) is 6.42 Å². The third kappa shape index (κ3) is 6.07. The van der Waals surface area contributed by atoms with Gasteiger partial charge in [0.15, 0.2) is 0 Å². The minimum Gasteiger partial charge on any atom is -0.398 e. The lowest BCUT2D eigenvalue weighted by molar-refractivity contribution is 0.499. The fourth-order valence-corrected chi connectivity index (χ4v) is 2.57. The zero-order valence-corrected chi connectivity index (χ0v) is 13.6. The lowest BCUT2D eigenvalue weighted by atomic mass is 10.0. The molecule has 1 aromatic rings. The lowest BCUT2D eigenvalue weighted by Crippen LogP contribution is -2.22. The molecule has 2 heteroatoms. The number of unbranched alkanes of at least 4 members (excludes halogenated alkanes) is 2. The van der Waals surface area contributed by atoms with Gasteiger partial charge in [-0.25, -0.2) is 0 Å². The van der Waals surface area contributed by atoms with Crippen LogP contribution in [0.3, 0.4) is 0 Å². The maximum atomic E-state index is 6.06. The second-order valence-electron chi connectivity index (χ2n) is 5.44. The standard InChI is InChI=1S/C19H30N2/c1-4-16-12-11-15-19(20)18(16)14-10-8-7-9-13-17(5-2)21-6-3/h6,10-12,14-15,17,21H,3-5,7-9,13,20H2,1-2H3/b14-10+. The zero-order chi connectivity index (χ0) is 15.5. The Morgan fingerprint density at radius 3 is 2.76 bits per heavy atom. The molecule has 2 nitrogen and oxygen atoms in total. The Bertz CT molecular complexity index is 449. The Kier molecular flexibility index (Phi) is 8.34. The highest BCUT2D eigenvalue weighted by molar-refractivity contribution is 5.67. The number of anilines is 1. The molecule has 0 saturated carbocycles. The van der Waals surface area contributed by atoms with Crippen molar-refractivity contribution in [2.24, 2.45) is 0 Å². The molecule has 0 fully saturated rings. The van der Waals surface area contributed by atoms with Gasteiger partial charge in [-0.3, -0.25) is 0 Å². The van der Waals surface area contributed by atoms with Gasteiger partial charge in [0.25, 0.3) is 0 Å². The van der Waals surface area contributed by atoms with Crippen LogP contribution >= 0.6 is 0 Å². The van der Waals surface area contributed by atoms with E-state index in [4.69, 9.17) is 5.73 Å². The van der Waals surface area contributed by atoms with Crippen molar-refractivity contribution in [1.29, 1.82) is 0 Å². The third-order valence-corrected chi connectivity index (χ3v) is 3.92. The molecule has 0 heterocycles. The molecule has 1 aromatic carbocycles. The number of rotatable bonds is 10. The minimum absolute atomic E-state index is 0.572. The van der Waals surface area contributed by atoms with E-state index >= 15 is 0 Å². The van der Waals surface area contributed by atoms with Crippen molar-refractivity contribution >= 4 is 11.8 Å². The quantitative estimate of drug-likeness (QED) is 0.473. The first kappa shape index (κ1) is 17.4. The van der Waals surface area contributed by atoms with Crippen molar-refractivity contribution in [3.63, 3.8) is 0 Å². The summed E-state index contributed by atoms with van der Waals surface area (Å²) in [6.45, 7) is 8.11. The highest BCUT2D eigenvalue weighted by Crippen LogP contribution is 2.20. The van der Waals surface area contributed by atoms with Crippen molar-refractivity contribution in [2.45, 2.75) is 58.4 Å². The predicted octanol–water partition coefficient (Wildman–Crippen LogP) is 4.92. The largest absolute Gasteiger partial charge is 0.398 e. The fourth-order valence-electron chi connectivity index (χ4n) is 2.57. The number of benzene rings is 1. The van der Waals surface area contributed by atoms with Gasteiger partial charge in [-0.15, -0.1) is 0 Å². The molecule has 0 radical (unpaired) electrons. The molecule has 0 spiro atoms. The smallest absolute Gasteiger partial charge is 0.0390 e. The van der Waals surface area contributed by atoms with E-state index in [1.807, 2.05) is 12.1 Å². The lowest BCUT2D eigenvalue weighted by Gasteiger charge is -2.14. The third-order valence-electron chi connectivity index (χ3n) is 3.92. The second kappa shape index (κ2) is 10.1. The zero-order valence-electron chi connectivity index (χ0n) is 13.6. The summed E-state index contributed by atoms with van der Waals surface area (Å²) in [5.41, 5.74) is 9.46. The van der Waals surface area contributed by atoms with Gasteiger partial charge in [0, 0.05) is 17.3 Å². The molecule has 0 saturated heterocycles. The number of nitrogen functional groups attached to an aromatic ring is 1. The Morgan fingerprint density at radius 2 is 2.10 bits per heavy atom. The van der Waals surface area contributed by atoms with Gasteiger partial charge >= 0.3 is 0 Å². The van der Waals surface area contributed by atoms with Crippen molar-refractivity contribution in [3.05, 3.63) is 48.2 Å². The summed E-state index contributed by atoms with van der Waals surface area (Å²) in [6, 6.07) is 6.74. The maximum Gasteiger partial charge on any atom is 0.0390 e. The number of nitrogens with one attached hydrogen (secondary N) is 1. The van der Waals surface area contributed by atoms with Crippen LogP contribution in [0.15, 0.2) is 37.1 Å². The van der Waals surface area contributed by atoms with Crippen LogP contribution in [0.1, 0.15) is 57.1 Å². The number of nitrogens with two attached hydrogens (primary N) is 1. The molecule has 0 aliphatic rings. The molecular weight excluding hydrogens is 256 g/mol. The van der Waals surface area contributed by atoms with Crippen molar-refractivity contribution in [3.8, 4) is 0 Å². The summed E-state index contributed by atoms with van der Waals surface area (Å²) in [7, 11) is 0. The first-order valence-electron chi connectivity index (χ1n) is 8.13. The Morgan fingerprint density at radius 1 is 1.29 bits per heavy atom. The molecule has 1 atom stereocenters. The summed E-state index contributed by atoms with van der Waals surface area (Å²) in [4.78, 5) is 0. The SMILES string of the molecule is C=CNC(CC)CCCC/C=C/c1c(N)cccc1CC. The Hall–Kier alpha value is -1.70. The second-order valence-corrected chi connectivity index (χ2v) is 5.44. The van der Waals surface area contributed by atoms with Gasteiger partial charge in [-0.05, 0) is 49.9 Å². The van der Waals surface area contributed by atoms with Crippen LogP contribution in [0, 0.1) is 0 Å². The molecule has 21 heavy (non-hydrogen) atoms. The molecule has 3 N–H and O–H groups in total. The number of hydrogen-bond donors (Lipinski definition) is 2. The van der Waals surface area contributed by atoms with Crippen LogP contribution in [0.2, 0.25) is 0 Å². The molecule has 116 valence electrons. The van der Waals surface area contributed by atoms with E-state index in [0.717, 1.165) is 24.9 Å². The molecule has 0 aliphatic carbocycles. The summed E-state index contributed by atoms with van der Waals surface area (Å²) in [5.74, 6) is 0. The van der Waals surface area contributed by atoms with E-state index in [9.17, 15) is 0 Å². The Balaban J connectivity index is 2.37. The molecule has 1 unspecified atom stereocenters. The number of allylic oxidation sites excluding steroid dienone is 1. The van der Waals surface area contributed by atoms with E-state index in [2.05, 4.69) is 44.0 Å². The molecule has 0 aliphatic heterocycles. The van der Waals surface area contributed by atoms with Gasteiger partial charge in [-0.1, -0.05) is 51.1 Å². The topological polar surface area (TPSA) is 38.0 Å². The summed E-state index contributed by atoms with van der Waals surface area (Å²) < 4.78 is 0. The van der Waals surface area contributed by atoms with Gasteiger partial charge < -0.3 is 11.1 Å². The minimum atomic E-state index is 0.572. The normalized spacial score (nSPS) is 12.5. The first-order chi connectivity index (χ1) is 10.2. The van der Waals surface area contributed by atoms with Gasteiger partial charge in [0.2, 0.25) is 0 Å². The highest BCUT2D eigenvalue weighted by Gasteiger charge is 2.02. The molecular formula is C19H30N2. The highest BCUT2D eigenvalue weighted by atomic mass is 14.9. The molecule has 0 bridgehead atoms. The first-order valence-corrected chi connectivity index (χ1v) is 8.13.